The second-order valence-electron chi connectivity index (χ2n) is 3.57. The van der Waals surface area contributed by atoms with Crippen molar-refractivity contribution < 1.29 is 22.7 Å². The second kappa shape index (κ2) is 5.21. The third-order valence-corrected chi connectivity index (χ3v) is 2.54. The Bertz CT molecular complexity index is 399. The van der Waals surface area contributed by atoms with Crippen molar-refractivity contribution >= 4 is 5.97 Å². The number of methoxy groups -OCH3 is 1. The minimum Gasteiger partial charge on any atom is -0.469 e. The van der Waals surface area contributed by atoms with Gasteiger partial charge in [-0.3, -0.25) is 4.79 Å². The lowest BCUT2D eigenvalue weighted by atomic mass is 9.92. The summed E-state index contributed by atoms with van der Waals surface area (Å²) in [5.41, 5.74) is -0.813. The molecule has 0 amide bonds. The number of carbonyl (C=O) groups excluding carboxylic acids is 1. The van der Waals surface area contributed by atoms with Crippen LogP contribution in [0.25, 0.3) is 0 Å². The number of benzene rings is 1. The fourth-order valence-electron chi connectivity index (χ4n) is 1.71. The maximum absolute atomic E-state index is 12.8. The molecule has 1 aromatic carbocycles. The Balaban J connectivity index is 3.25. The minimum absolute atomic E-state index is 0.0330. The topological polar surface area (TPSA) is 26.3 Å². The molecular weight excluding hydrogens is 233 g/mol. The van der Waals surface area contributed by atoms with Crippen LogP contribution in [0.5, 0.6) is 0 Å². The smallest absolute Gasteiger partial charge is 0.416 e. The number of halogens is 3. The Kier molecular flexibility index (Phi) is 4.15. The predicted molar refractivity (Wildman–Crippen MR) is 56.5 cm³/mol. The molecule has 0 radical (unpaired) electrons. The molecule has 5 heteroatoms. The van der Waals surface area contributed by atoms with Crippen molar-refractivity contribution in [3.8, 4) is 0 Å². The van der Waals surface area contributed by atoms with Gasteiger partial charge < -0.3 is 4.74 Å². The number of hydrogen-bond donors (Lipinski definition) is 0. The van der Waals surface area contributed by atoms with Crippen LogP contribution in [0.2, 0.25) is 0 Å². The monoisotopic (exact) mass is 246 g/mol. The molecule has 1 atom stereocenters. The van der Waals surface area contributed by atoms with Gasteiger partial charge in [-0.1, -0.05) is 25.1 Å². The van der Waals surface area contributed by atoms with Crippen LogP contribution in [0.4, 0.5) is 13.2 Å². The molecule has 0 aromatic heterocycles. The zero-order valence-corrected chi connectivity index (χ0v) is 9.54. The Morgan fingerprint density at radius 1 is 1.35 bits per heavy atom. The van der Waals surface area contributed by atoms with Gasteiger partial charge in [-0.2, -0.15) is 13.2 Å². The fraction of sp³-hybridized carbons (Fsp3) is 0.417. The summed E-state index contributed by atoms with van der Waals surface area (Å²) in [7, 11) is 1.17. The van der Waals surface area contributed by atoms with Crippen LogP contribution in [0.1, 0.15) is 30.4 Å². The first-order chi connectivity index (χ1) is 7.91. The van der Waals surface area contributed by atoms with Crippen molar-refractivity contribution in [2.24, 2.45) is 0 Å². The highest BCUT2D eigenvalue weighted by Gasteiger charge is 2.36. The molecule has 17 heavy (non-hydrogen) atoms. The Morgan fingerprint density at radius 2 is 1.94 bits per heavy atom. The standard InChI is InChI=1S/C12H13F3O2/c1-3-8(11(16)17-2)9-6-4-5-7-10(9)12(13,14)15/h4-8H,3H2,1-2H3. The van der Waals surface area contributed by atoms with E-state index in [4.69, 9.17) is 0 Å². The van der Waals surface area contributed by atoms with E-state index in [0.717, 1.165) is 6.07 Å². The molecule has 0 bridgehead atoms. The lowest BCUT2D eigenvalue weighted by molar-refractivity contribution is -0.144. The highest BCUT2D eigenvalue weighted by atomic mass is 19.4. The molecule has 0 heterocycles. The number of carbonyl (C=O) groups is 1. The molecule has 1 unspecified atom stereocenters. The van der Waals surface area contributed by atoms with E-state index in [1.807, 2.05) is 0 Å². The second-order valence-corrected chi connectivity index (χ2v) is 3.57. The van der Waals surface area contributed by atoms with Crippen LogP contribution in [-0.2, 0) is 15.7 Å². The Morgan fingerprint density at radius 3 is 2.41 bits per heavy atom. The van der Waals surface area contributed by atoms with E-state index in [-0.39, 0.29) is 12.0 Å². The quantitative estimate of drug-likeness (QED) is 0.764. The Hall–Kier alpha value is -1.52. The molecule has 0 N–H and O–H groups in total. The van der Waals surface area contributed by atoms with Gasteiger partial charge in [0, 0.05) is 0 Å². The molecular formula is C12H13F3O2. The number of rotatable bonds is 3. The van der Waals surface area contributed by atoms with Crippen LogP contribution < -0.4 is 0 Å². The highest BCUT2D eigenvalue weighted by Crippen LogP contribution is 2.36. The van der Waals surface area contributed by atoms with Gasteiger partial charge in [0.2, 0.25) is 0 Å². The van der Waals surface area contributed by atoms with Crippen LogP contribution >= 0.6 is 0 Å². The third kappa shape index (κ3) is 2.99. The Labute approximate surface area is 97.4 Å². The lowest BCUT2D eigenvalue weighted by Gasteiger charge is -2.18. The van der Waals surface area contributed by atoms with E-state index in [9.17, 15) is 18.0 Å². The molecule has 1 rings (SSSR count). The van der Waals surface area contributed by atoms with Gasteiger partial charge in [0.15, 0.2) is 0 Å². The number of ether oxygens (including phenoxy) is 1. The molecule has 0 aliphatic rings. The number of esters is 1. The van der Waals surface area contributed by atoms with Crippen molar-refractivity contribution in [1.29, 1.82) is 0 Å². The summed E-state index contributed by atoms with van der Waals surface area (Å²) in [5, 5.41) is 0. The minimum atomic E-state index is -4.46. The van der Waals surface area contributed by atoms with E-state index in [1.165, 1.54) is 25.3 Å². The molecule has 1 aromatic rings. The van der Waals surface area contributed by atoms with E-state index in [2.05, 4.69) is 4.74 Å². The van der Waals surface area contributed by atoms with Crippen molar-refractivity contribution in [2.45, 2.75) is 25.4 Å². The average molecular weight is 246 g/mol. The normalized spacial score (nSPS) is 13.2. The first-order valence-corrected chi connectivity index (χ1v) is 5.15. The zero-order valence-electron chi connectivity index (χ0n) is 9.54. The predicted octanol–water partition coefficient (Wildman–Crippen LogP) is 3.37. The summed E-state index contributed by atoms with van der Waals surface area (Å²) < 4.78 is 42.8. The maximum atomic E-state index is 12.8. The zero-order chi connectivity index (χ0) is 13.1. The summed E-state index contributed by atoms with van der Waals surface area (Å²) in [6.45, 7) is 1.65. The van der Waals surface area contributed by atoms with Crippen molar-refractivity contribution in [2.75, 3.05) is 7.11 Å². The van der Waals surface area contributed by atoms with Crippen LogP contribution in [0.3, 0.4) is 0 Å². The first kappa shape index (κ1) is 13.5. The first-order valence-electron chi connectivity index (χ1n) is 5.15. The molecule has 0 aliphatic carbocycles. The van der Waals surface area contributed by atoms with Crippen LogP contribution in [-0.4, -0.2) is 13.1 Å². The average Bonchev–Trinajstić information content (AvgIpc) is 2.29. The van der Waals surface area contributed by atoms with Crippen molar-refractivity contribution in [3.05, 3.63) is 35.4 Å². The van der Waals surface area contributed by atoms with Gasteiger partial charge in [0.25, 0.3) is 0 Å². The van der Waals surface area contributed by atoms with Gasteiger partial charge in [-0.15, -0.1) is 0 Å². The molecule has 0 aliphatic heterocycles. The summed E-state index contributed by atoms with van der Waals surface area (Å²) >= 11 is 0. The van der Waals surface area contributed by atoms with E-state index >= 15 is 0 Å². The molecule has 0 spiro atoms. The third-order valence-electron chi connectivity index (χ3n) is 2.54. The lowest BCUT2D eigenvalue weighted by Crippen LogP contribution is -2.18. The van der Waals surface area contributed by atoms with Gasteiger partial charge in [-0.05, 0) is 18.1 Å². The fourth-order valence-corrected chi connectivity index (χ4v) is 1.71. The SMILES string of the molecule is CCC(C(=O)OC)c1ccccc1C(F)(F)F. The largest absolute Gasteiger partial charge is 0.469 e. The van der Waals surface area contributed by atoms with Gasteiger partial charge >= 0.3 is 12.1 Å². The van der Waals surface area contributed by atoms with Crippen LogP contribution in [0, 0.1) is 0 Å². The summed E-state index contributed by atoms with van der Waals surface area (Å²) in [5.74, 6) is -1.53. The summed E-state index contributed by atoms with van der Waals surface area (Å²) in [6.07, 6.45) is -4.20. The maximum Gasteiger partial charge on any atom is 0.416 e. The summed E-state index contributed by atoms with van der Waals surface area (Å²) in [6, 6.07) is 5.07. The van der Waals surface area contributed by atoms with Crippen LogP contribution in [0.15, 0.2) is 24.3 Å². The molecule has 0 saturated carbocycles. The van der Waals surface area contributed by atoms with Crippen molar-refractivity contribution in [3.63, 3.8) is 0 Å². The van der Waals surface area contributed by atoms with E-state index in [1.54, 1.807) is 6.92 Å². The number of alkyl halides is 3. The molecule has 94 valence electrons. The van der Waals surface area contributed by atoms with E-state index < -0.39 is 23.6 Å². The van der Waals surface area contributed by atoms with Gasteiger partial charge in [-0.25, -0.2) is 0 Å². The van der Waals surface area contributed by atoms with E-state index in [0.29, 0.717) is 0 Å². The molecule has 0 saturated heterocycles. The highest BCUT2D eigenvalue weighted by molar-refractivity contribution is 5.78. The molecule has 2 nitrogen and oxygen atoms in total. The van der Waals surface area contributed by atoms with Gasteiger partial charge in [0.05, 0.1) is 18.6 Å². The number of hydrogen-bond acceptors (Lipinski definition) is 2. The van der Waals surface area contributed by atoms with Gasteiger partial charge in [0.1, 0.15) is 0 Å². The molecule has 0 fully saturated rings. The summed E-state index contributed by atoms with van der Waals surface area (Å²) in [4.78, 5) is 11.4. The van der Waals surface area contributed by atoms with Crippen molar-refractivity contribution in [1.82, 2.24) is 0 Å².